The van der Waals surface area contributed by atoms with Gasteiger partial charge in [0, 0.05) is 6.54 Å². The highest BCUT2D eigenvalue weighted by molar-refractivity contribution is 5.69. The maximum Gasteiger partial charge on any atom is 0.282 e. The summed E-state index contributed by atoms with van der Waals surface area (Å²) in [5.41, 5.74) is 11.3. The molecule has 2 heterocycles. The first-order valence-electron chi connectivity index (χ1n) is 8.87. The third kappa shape index (κ3) is 6.29. The van der Waals surface area contributed by atoms with E-state index in [0.717, 1.165) is 0 Å². The number of fused-ring (bicyclic) bond motifs is 1. The molecular weight excluding hydrogens is 368 g/mol. The maximum absolute atomic E-state index is 12.5. The van der Waals surface area contributed by atoms with E-state index in [1.165, 1.54) is 10.9 Å². The van der Waals surface area contributed by atoms with Crippen molar-refractivity contribution in [2.24, 2.45) is 5.73 Å². The topological polar surface area (TPSA) is 153 Å². The minimum Gasteiger partial charge on any atom is -0.378 e. The van der Waals surface area contributed by atoms with E-state index in [-0.39, 0.29) is 23.7 Å². The van der Waals surface area contributed by atoms with Crippen molar-refractivity contribution >= 4 is 17.1 Å². The molecule has 5 N–H and O–H groups in total. The van der Waals surface area contributed by atoms with E-state index < -0.39 is 11.6 Å². The number of nitrogen functional groups attached to an aromatic ring is 1. The molecule has 2 rings (SSSR count). The highest BCUT2D eigenvalue weighted by Gasteiger charge is 2.17. The molecule has 0 spiro atoms. The first kappa shape index (κ1) is 21.8. The van der Waals surface area contributed by atoms with Crippen LogP contribution in [-0.2, 0) is 18.9 Å². The maximum atomic E-state index is 12.5. The highest BCUT2D eigenvalue weighted by Crippen LogP contribution is 2.11. The van der Waals surface area contributed by atoms with Crippen LogP contribution in [0.4, 0.5) is 5.95 Å². The molecule has 1 unspecified atom stereocenters. The Kier molecular flexibility index (Phi) is 9.40. The van der Waals surface area contributed by atoms with Crippen molar-refractivity contribution in [2.75, 3.05) is 65.1 Å². The molecule has 0 aliphatic carbocycles. The third-order valence-electron chi connectivity index (χ3n) is 3.68. The SMILES string of the molecule is C#CC(COCCOCCOCCOCCN)n1c(N)nc2nc[nH]c2c1=O. The Balaban J connectivity index is 1.66. The minimum absolute atomic E-state index is 0.0139. The van der Waals surface area contributed by atoms with Gasteiger partial charge in [-0.05, 0) is 0 Å². The molecule has 0 amide bonds. The summed E-state index contributed by atoms with van der Waals surface area (Å²) in [5.74, 6) is 2.49. The van der Waals surface area contributed by atoms with Gasteiger partial charge in [-0.2, -0.15) is 4.98 Å². The van der Waals surface area contributed by atoms with E-state index >= 15 is 0 Å². The number of hydrogen-bond donors (Lipinski definition) is 3. The number of rotatable bonds is 14. The van der Waals surface area contributed by atoms with Crippen molar-refractivity contribution < 1.29 is 18.9 Å². The monoisotopic (exact) mass is 394 g/mol. The molecule has 0 saturated heterocycles. The molecule has 0 fully saturated rings. The zero-order valence-electron chi connectivity index (χ0n) is 15.6. The lowest BCUT2D eigenvalue weighted by molar-refractivity contribution is -0.00286. The average Bonchev–Trinajstić information content (AvgIpc) is 3.15. The van der Waals surface area contributed by atoms with E-state index in [4.69, 9.17) is 36.8 Å². The average molecular weight is 394 g/mol. The Labute approximate surface area is 162 Å². The number of hydrogen-bond acceptors (Lipinski definition) is 9. The van der Waals surface area contributed by atoms with Gasteiger partial charge < -0.3 is 35.4 Å². The molecule has 0 bridgehead atoms. The number of H-pyrrole nitrogens is 1. The molecule has 1 atom stereocenters. The van der Waals surface area contributed by atoms with Gasteiger partial charge >= 0.3 is 0 Å². The van der Waals surface area contributed by atoms with Crippen molar-refractivity contribution in [1.29, 1.82) is 0 Å². The van der Waals surface area contributed by atoms with Gasteiger partial charge in [0.2, 0.25) is 5.95 Å². The number of nitrogens with one attached hydrogen (secondary N) is 1. The number of nitrogens with two attached hydrogens (primary N) is 2. The molecular formula is C17H26N6O5. The molecule has 2 aromatic rings. The van der Waals surface area contributed by atoms with Crippen LogP contribution in [0.15, 0.2) is 11.1 Å². The Bertz CT molecular complexity index is 814. The third-order valence-corrected chi connectivity index (χ3v) is 3.68. The predicted octanol–water partition coefficient (Wildman–Crippen LogP) is -1.10. The van der Waals surface area contributed by atoms with Gasteiger partial charge in [0.15, 0.2) is 11.2 Å². The van der Waals surface area contributed by atoms with Gasteiger partial charge in [-0.1, -0.05) is 5.92 Å². The molecule has 11 heteroatoms. The van der Waals surface area contributed by atoms with Gasteiger partial charge in [0.1, 0.15) is 6.04 Å². The van der Waals surface area contributed by atoms with Crippen molar-refractivity contribution in [1.82, 2.24) is 19.5 Å². The number of aromatic amines is 1. The van der Waals surface area contributed by atoms with Gasteiger partial charge in [0.25, 0.3) is 5.56 Å². The van der Waals surface area contributed by atoms with Crippen molar-refractivity contribution in [3.05, 3.63) is 16.7 Å². The predicted molar refractivity (Wildman–Crippen MR) is 103 cm³/mol. The second-order valence-corrected chi connectivity index (χ2v) is 5.63. The molecule has 0 aliphatic rings. The van der Waals surface area contributed by atoms with Crippen LogP contribution in [0.25, 0.3) is 11.2 Å². The van der Waals surface area contributed by atoms with Crippen LogP contribution in [0.1, 0.15) is 6.04 Å². The Morgan fingerprint density at radius 1 is 1.11 bits per heavy atom. The summed E-state index contributed by atoms with van der Waals surface area (Å²) in [4.78, 5) is 23.2. The highest BCUT2D eigenvalue weighted by atomic mass is 16.6. The fraction of sp³-hybridized carbons (Fsp3) is 0.588. The van der Waals surface area contributed by atoms with Crippen LogP contribution in [0, 0.1) is 12.3 Å². The van der Waals surface area contributed by atoms with Gasteiger partial charge in [-0.25, -0.2) is 4.98 Å². The zero-order chi connectivity index (χ0) is 20.2. The normalized spacial score (nSPS) is 12.3. The standard InChI is InChI=1S/C17H26N6O5/c1-2-13(23-16(24)14-15(21-12-20-14)22-17(23)19)11-28-10-9-27-8-7-26-6-5-25-4-3-18/h1,12-13H,3-11,18H2,(H2,19,22)(H,20,21). The molecule has 11 nitrogen and oxygen atoms in total. The Morgan fingerprint density at radius 3 is 2.32 bits per heavy atom. The second kappa shape index (κ2) is 12.1. The fourth-order valence-electron chi connectivity index (χ4n) is 2.35. The number of anilines is 1. The molecule has 154 valence electrons. The summed E-state index contributed by atoms with van der Waals surface area (Å²) in [6.45, 7) is 3.70. The second-order valence-electron chi connectivity index (χ2n) is 5.63. The van der Waals surface area contributed by atoms with Crippen molar-refractivity contribution in [3.63, 3.8) is 0 Å². The first-order chi connectivity index (χ1) is 13.7. The van der Waals surface area contributed by atoms with Crippen LogP contribution >= 0.6 is 0 Å². The van der Waals surface area contributed by atoms with Crippen LogP contribution in [0.2, 0.25) is 0 Å². The van der Waals surface area contributed by atoms with Gasteiger partial charge in [-0.3, -0.25) is 9.36 Å². The molecule has 0 aromatic carbocycles. The van der Waals surface area contributed by atoms with E-state index in [1.807, 2.05) is 0 Å². The van der Waals surface area contributed by atoms with E-state index in [2.05, 4.69) is 20.9 Å². The lowest BCUT2D eigenvalue weighted by Crippen LogP contribution is -2.30. The summed E-state index contributed by atoms with van der Waals surface area (Å²) in [5, 5.41) is 0. The quantitative estimate of drug-likeness (QED) is 0.268. The number of nitrogens with zero attached hydrogens (tertiary/aromatic N) is 3. The lowest BCUT2D eigenvalue weighted by Gasteiger charge is -2.16. The number of aromatic nitrogens is 4. The minimum atomic E-state index is -0.690. The molecule has 0 saturated carbocycles. The molecule has 28 heavy (non-hydrogen) atoms. The number of ether oxygens (including phenoxy) is 4. The number of imidazole rings is 1. The van der Waals surface area contributed by atoms with Crippen LogP contribution in [0.3, 0.4) is 0 Å². The van der Waals surface area contributed by atoms with E-state index in [1.54, 1.807) is 0 Å². The van der Waals surface area contributed by atoms with E-state index in [0.29, 0.717) is 52.8 Å². The van der Waals surface area contributed by atoms with E-state index in [9.17, 15) is 4.79 Å². The summed E-state index contributed by atoms with van der Waals surface area (Å²) in [7, 11) is 0. The zero-order valence-corrected chi connectivity index (χ0v) is 15.6. The summed E-state index contributed by atoms with van der Waals surface area (Å²) < 4.78 is 22.6. The lowest BCUT2D eigenvalue weighted by atomic mass is 10.3. The molecule has 0 aliphatic heterocycles. The van der Waals surface area contributed by atoms with Gasteiger partial charge in [0.05, 0.1) is 59.2 Å². The Morgan fingerprint density at radius 2 is 1.71 bits per heavy atom. The summed E-state index contributed by atoms with van der Waals surface area (Å²) >= 11 is 0. The smallest absolute Gasteiger partial charge is 0.282 e. The molecule has 0 radical (unpaired) electrons. The van der Waals surface area contributed by atoms with Crippen LogP contribution in [0.5, 0.6) is 0 Å². The van der Waals surface area contributed by atoms with Crippen molar-refractivity contribution in [2.45, 2.75) is 6.04 Å². The largest absolute Gasteiger partial charge is 0.378 e. The van der Waals surface area contributed by atoms with Gasteiger partial charge in [-0.15, -0.1) is 6.42 Å². The fourth-order valence-corrected chi connectivity index (χ4v) is 2.35. The first-order valence-corrected chi connectivity index (χ1v) is 8.87. The van der Waals surface area contributed by atoms with Crippen LogP contribution in [-0.4, -0.2) is 78.9 Å². The molecule has 2 aromatic heterocycles. The Hall–Kier alpha value is -2.49. The summed E-state index contributed by atoms with van der Waals surface area (Å²) in [6, 6.07) is -0.690. The summed E-state index contributed by atoms with van der Waals surface area (Å²) in [6.07, 6.45) is 6.91. The number of terminal acetylenes is 1. The van der Waals surface area contributed by atoms with Crippen LogP contribution < -0.4 is 17.0 Å². The van der Waals surface area contributed by atoms with Crippen molar-refractivity contribution in [3.8, 4) is 12.3 Å².